The van der Waals surface area contributed by atoms with Gasteiger partial charge in [0.05, 0.1) is 22.0 Å². The minimum atomic E-state index is -0.733. The van der Waals surface area contributed by atoms with E-state index in [4.69, 9.17) is 9.47 Å². The molecule has 4 nitrogen and oxygen atoms in total. The average Bonchev–Trinajstić information content (AvgIpc) is 3.00. The van der Waals surface area contributed by atoms with Gasteiger partial charge in [0.2, 0.25) is 0 Å². The number of benzene rings is 4. The first-order valence-corrected chi connectivity index (χ1v) is 15.0. The summed E-state index contributed by atoms with van der Waals surface area (Å²) < 4.78 is 13.3. The van der Waals surface area contributed by atoms with Crippen molar-refractivity contribution in [1.29, 1.82) is 0 Å². The molecule has 0 radical (unpaired) electrons. The number of hydrogen-bond acceptors (Lipinski definition) is 4. The number of hydrogen-bond donors (Lipinski definition) is 0. The van der Waals surface area contributed by atoms with E-state index in [1.54, 1.807) is 24.3 Å². The van der Waals surface area contributed by atoms with Gasteiger partial charge in [0.25, 0.3) is 0 Å². The van der Waals surface area contributed by atoms with Crippen molar-refractivity contribution in [3.8, 4) is 0 Å². The van der Waals surface area contributed by atoms with E-state index in [9.17, 15) is 9.59 Å². The molecule has 42 heavy (non-hydrogen) atoms. The summed E-state index contributed by atoms with van der Waals surface area (Å²) in [5, 5.41) is 0. The molecule has 3 aliphatic rings. The molecular weight excluding hydrogens is 520 g/mol. The van der Waals surface area contributed by atoms with Crippen LogP contribution in [0.1, 0.15) is 83.5 Å². The van der Waals surface area contributed by atoms with Gasteiger partial charge in [0, 0.05) is 0 Å². The van der Waals surface area contributed by atoms with Crippen molar-refractivity contribution in [2.45, 2.75) is 63.6 Å². The van der Waals surface area contributed by atoms with Gasteiger partial charge in [-0.1, -0.05) is 113 Å². The average molecular weight is 559 g/mol. The zero-order valence-electron chi connectivity index (χ0n) is 24.7. The molecule has 0 aromatic heterocycles. The maximum atomic E-state index is 13.9. The van der Waals surface area contributed by atoms with Crippen molar-refractivity contribution in [1.82, 2.24) is 0 Å². The zero-order chi connectivity index (χ0) is 29.5. The van der Waals surface area contributed by atoms with Crippen LogP contribution in [-0.4, -0.2) is 24.1 Å². The van der Waals surface area contributed by atoms with E-state index >= 15 is 0 Å². The lowest BCUT2D eigenvalue weighted by molar-refractivity contribution is -0.104. The van der Waals surface area contributed by atoms with E-state index in [0.29, 0.717) is 11.1 Å². The molecule has 0 saturated heterocycles. The fourth-order valence-corrected chi connectivity index (χ4v) is 7.74. The summed E-state index contributed by atoms with van der Waals surface area (Å²) in [4.78, 5) is 27.8. The summed E-state index contributed by atoms with van der Waals surface area (Å²) in [5.74, 6) is -0.283. The number of carbonyl (C=O) groups excluding carboxylic acids is 2. The van der Waals surface area contributed by atoms with Gasteiger partial charge in [-0.15, -0.1) is 0 Å². The lowest BCUT2D eigenvalue weighted by Gasteiger charge is -2.62. The van der Waals surface area contributed by atoms with Gasteiger partial charge in [-0.2, -0.15) is 0 Å². The second-order valence-corrected chi connectivity index (χ2v) is 12.6. The van der Waals surface area contributed by atoms with Crippen LogP contribution in [0.25, 0.3) is 0 Å². The lowest BCUT2D eigenvalue weighted by Crippen LogP contribution is -2.68. The van der Waals surface area contributed by atoms with Gasteiger partial charge in [0.15, 0.2) is 12.2 Å². The molecule has 0 amide bonds. The summed E-state index contributed by atoms with van der Waals surface area (Å²) in [6.07, 6.45) is -0.0110. The molecule has 2 unspecified atom stereocenters. The van der Waals surface area contributed by atoms with Gasteiger partial charge in [-0.3, -0.25) is 0 Å². The van der Waals surface area contributed by atoms with Crippen LogP contribution in [0.3, 0.4) is 0 Å². The summed E-state index contributed by atoms with van der Waals surface area (Å²) in [6.45, 7) is 8.80. The minimum absolute atomic E-state index is 0.269. The number of rotatable bonds is 8. The van der Waals surface area contributed by atoms with E-state index in [1.807, 2.05) is 36.4 Å². The van der Waals surface area contributed by atoms with Crippen molar-refractivity contribution < 1.29 is 19.1 Å². The molecule has 0 N–H and O–H groups in total. The van der Waals surface area contributed by atoms with E-state index in [-0.39, 0.29) is 11.8 Å². The molecule has 2 bridgehead atoms. The van der Waals surface area contributed by atoms with Crippen molar-refractivity contribution >= 4 is 11.9 Å². The van der Waals surface area contributed by atoms with Gasteiger partial charge in [0.1, 0.15) is 0 Å². The minimum Gasteiger partial charge on any atom is -0.453 e. The molecule has 0 aliphatic heterocycles. The van der Waals surface area contributed by atoms with Crippen molar-refractivity contribution in [3.63, 3.8) is 0 Å². The van der Waals surface area contributed by atoms with Crippen LogP contribution in [0.4, 0.5) is 0 Å². The molecule has 214 valence electrons. The molecule has 0 fully saturated rings. The van der Waals surface area contributed by atoms with Crippen LogP contribution in [0.2, 0.25) is 0 Å². The van der Waals surface area contributed by atoms with Gasteiger partial charge >= 0.3 is 11.9 Å². The maximum Gasteiger partial charge on any atom is 0.338 e. The standard InChI is InChI=1S/C38H38O4/c1-25(2)23-37-29-19-11-13-21-31(29)38(24-26(3)4,32-22-14-12-20-30(32)37)34(42-36(40)28-17-9-6-10-18-28)33(37)41-35(39)27-15-7-5-8-16-27/h5-22,25-26,33-34H,23-24H2,1-4H3. The normalized spacial score (nSPS) is 23.8. The predicted octanol–water partition coefficient (Wildman–Crippen LogP) is 8.13. The first-order chi connectivity index (χ1) is 20.3. The molecular formula is C38H38O4. The second-order valence-electron chi connectivity index (χ2n) is 12.6. The largest absolute Gasteiger partial charge is 0.453 e. The molecule has 0 saturated carbocycles. The van der Waals surface area contributed by atoms with E-state index in [2.05, 4.69) is 76.2 Å². The monoisotopic (exact) mass is 558 g/mol. The fourth-order valence-electron chi connectivity index (χ4n) is 7.74. The number of carbonyl (C=O) groups is 2. The molecule has 4 aromatic rings. The summed E-state index contributed by atoms with van der Waals surface area (Å²) >= 11 is 0. The third kappa shape index (κ3) is 4.36. The van der Waals surface area contributed by atoms with Crippen LogP contribution in [0, 0.1) is 11.8 Å². The Bertz CT molecular complexity index is 1420. The number of ether oxygens (including phenoxy) is 2. The Hall–Kier alpha value is -4.18. The third-order valence-electron chi connectivity index (χ3n) is 8.97. The van der Waals surface area contributed by atoms with Crippen molar-refractivity contribution in [3.05, 3.63) is 143 Å². The second kappa shape index (κ2) is 10.9. The molecule has 0 heterocycles. The summed E-state index contributed by atoms with van der Waals surface area (Å²) in [5.41, 5.74) is 4.20. The van der Waals surface area contributed by atoms with Crippen LogP contribution in [-0.2, 0) is 20.3 Å². The van der Waals surface area contributed by atoms with Gasteiger partial charge in [-0.05, 0) is 71.2 Å². The Morgan fingerprint density at radius 1 is 0.524 bits per heavy atom. The Kier molecular flexibility index (Phi) is 7.26. The Labute approximate surface area is 248 Å². The zero-order valence-corrected chi connectivity index (χ0v) is 24.7. The molecule has 4 heteroatoms. The molecule has 0 spiro atoms. The van der Waals surface area contributed by atoms with Crippen molar-refractivity contribution in [2.75, 3.05) is 0 Å². The predicted molar refractivity (Wildman–Crippen MR) is 165 cm³/mol. The highest BCUT2D eigenvalue weighted by molar-refractivity contribution is 5.91. The first-order valence-electron chi connectivity index (χ1n) is 15.0. The molecule has 4 aromatic carbocycles. The Balaban J connectivity index is 1.65. The highest BCUT2D eigenvalue weighted by atomic mass is 16.6. The van der Waals surface area contributed by atoms with E-state index in [1.165, 1.54) is 0 Å². The Morgan fingerprint density at radius 3 is 1.10 bits per heavy atom. The van der Waals surface area contributed by atoms with Crippen LogP contribution in [0.5, 0.6) is 0 Å². The van der Waals surface area contributed by atoms with Gasteiger partial charge in [-0.25, -0.2) is 9.59 Å². The lowest BCUT2D eigenvalue weighted by atomic mass is 9.44. The van der Waals surface area contributed by atoms with Crippen LogP contribution in [0.15, 0.2) is 109 Å². The molecule has 7 rings (SSSR count). The Morgan fingerprint density at radius 2 is 0.810 bits per heavy atom. The van der Waals surface area contributed by atoms with Gasteiger partial charge < -0.3 is 9.47 Å². The highest BCUT2D eigenvalue weighted by Gasteiger charge is 2.68. The van der Waals surface area contributed by atoms with Crippen LogP contribution >= 0.6 is 0 Å². The molecule has 3 aliphatic carbocycles. The maximum absolute atomic E-state index is 13.9. The highest BCUT2D eigenvalue weighted by Crippen LogP contribution is 2.64. The topological polar surface area (TPSA) is 52.6 Å². The summed E-state index contributed by atoms with van der Waals surface area (Å²) in [6, 6.07) is 35.3. The quantitative estimate of drug-likeness (QED) is 0.205. The summed E-state index contributed by atoms with van der Waals surface area (Å²) in [7, 11) is 0. The number of fused-ring (bicyclic) bond motifs is 1. The third-order valence-corrected chi connectivity index (χ3v) is 8.97. The van der Waals surface area contributed by atoms with E-state index in [0.717, 1.165) is 35.1 Å². The first kappa shape index (κ1) is 28.0. The van der Waals surface area contributed by atoms with E-state index < -0.39 is 35.0 Å². The SMILES string of the molecule is CC(C)CC12c3ccccc3C(CC(C)C)(c3ccccc31)C(OC(=O)c1ccccc1)C2OC(=O)c1ccccc1. The molecule has 2 atom stereocenters. The number of esters is 2. The fraction of sp³-hybridized carbons (Fsp3) is 0.316. The van der Waals surface area contributed by atoms with Crippen LogP contribution < -0.4 is 0 Å². The smallest absolute Gasteiger partial charge is 0.338 e. The van der Waals surface area contributed by atoms with Crippen molar-refractivity contribution in [2.24, 2.45) is 11.8 Å².